The Morgan fingerprint density at radius 3 is 2.50 bits per heavy atom. The fourth-order valence-corrected chi connectivity index (χ4v) is 1.08. The normalized spacial score (nSPS) is 14.7. The summed E-state index contributed by atoms with van der Waals surface area (Å²) in [6.07, 6.45) is -2.95. The second-order valence-corrected chi connectivity index (χ2v) is 2.96. The minimum atomic E-state index is -1.61. The summed E-state index contributed by atoms with van der Waals surface area (Å²) in [5.41, 5.74) is 11.1. The van der Waals surface area contributed by atoms with E-state index < -0.39 is 18.1 Å². The molecular formula is C9H12N2O3. The van der Waals surface area contributed by atoms with Crippen LogP contribution >= 0.6 is 0 Å². The number of nitrogens with two attached hydrogens (primary N) is 2. The Balaban J connectivity index is 2.89. The molecule has 0 fully saturated rings. The number of anilines is 1. The predicted octanol–water partition coefficient (Wildman–Crippen LogP) is -0.852. The first-order chi connectivity index (χ1) is 6.52. The highest BCUT2D eigenvalue weighted by atomic mass is 16.3. The quantitative estimate of drug-likeness (QED) is 0.472. The lowest BCUT2D eigenvalue weighted by molar-refractivity contribution is -0.131. The van der Waals surface area contributed by atoms with Crippen LogP contribution in [0.5, 0.6) is 0 Å². The van der Waals surface area contributed by atoms with E-state index >= 15 is 0 Å². The van der Waals surface area contributed by atoms with E-state index in [1.54, 1.807) is 18.2 Å². The highest BCUT2D eigenvalue weighted by molar-refractivity contribution is 5.79. The summed E-state index contributed by atoms with van der Waals surface area (Å²) in [6.45, 7) is 0. The Bertz CT molecular complexity index is 341. The molecule has 76 valence electrons. The van der Waals surface area contributed by atoms with E-state index in [4.69, 9.17) is 11.5 Å². The molecule has 0 aliphatic rings. The van der Waals surface area contributed by atoms with Crippen molar-refractivity contribution in [1.82, 2.24) is 0 Å². The Morgan fingerprint density at radius 1 is 1.36 bits per heavy atom. The summed E-state index contributed by atoms with van der Waals surface area (Å²) in [5.74, 6) is -0.972. The van der Waals surface area contributed by atoms with Crippen molar-refractivity contribution in [1.29, 1.82) is 0 Å². The summed E-state index contributed by atoms with van der Waals surface area (Å²) in [5, 5.41) is 18.7. The molecule has 2 unspecified atom stereocenters. The maximum atomic E-state index is 10.6. The molecule has 0 saturated heterocycles. The van der Waals surface area contributed by atoms with Crippen LogP contribution in [0.25, 0.3) is 0 Å². The standard InChI is InChI=1S/C9H12N2O3/c10-6-3-1-2-5(4-6)7(12)8(13)9(11)14/h1-4,7-8,12-13H,10H2,(H2,11,14). The zero-order valence-corrected chi connectivity index (χ0v) is 7.42. The van der Waals surface area contributed by atoms with Gasteiger partial charge in [-0.2, -0.15) is 0 Å². The lowest BCUT2D eigenvalue weighted by atomic mass is 10.0. The number of carbonyl (C=O) groups excluding carboxylic acids is 1. The van der Waals surface area contributed by atoms with Crippen LogP contribution in [-0.2, 0) is 4.79 Å². The minimum absolute atomic E-state index is 0.358. The van der Waals surface area contributed by atoms with Gasteiger partial charge in [-0.3, -0.25) is 4.79 Å². The Labute approximate surface area is 81.0 Å². The largest absolute Gasteiger partial charge is 0.399 e. The second kappa shape index (κ2) is 4.08. The number of aliphatic hydroxyl groups is 2. The van der Waals surface area contributed by atoms with Gasteiger partial charge in [0.25, 0.3) is 0 Å². The topological polar surface area (TPSA) is 110 Å². The molecule has 2 atom stereocenters. The van der Waals surface area contributed by atoms with Crippen LogP contribution in [0.3, 0.4) is 0 Å². The number of amides is 1. The maximum absolute atomic E-state index is 10.6. The van der Waals surface area contributed by atoms with Gasteiger partial charge in [0.15, 0.2) is 6.10 Å². The van der Waals surface area contributed by atoms with Crippen molar-refractivity contribution < 1.29 is 15.0 Å². The van der Waals surface area contributed by atoms with Gasteiger partial charge in [-0.05, 0) is 17.7 Å². The van der Waals surface area contributed by atoms with Gasteiger partial charge in [0.05, 0.1) is 0 Å². The zero-order chi connectivity index (χ0) is 10.7. The van der Waals surface area contributed by atoms with Gasteiger partial charge >= 0.3 is 0 Å². The molecular weight excluding hydrogens is 184 g/mol. The molecule has 0 bridgehead atoms. The summed E-state index contributed by atoms with van der Waals surface area (Å²) in [6, 6.07) is 6.26. The molecule has 1 rings (SSSR count). The minimum Gasteiger partial charge on any atom is -0.399 e. The van der Waals surface area contributed by atoms with Gasteiger partial charge in [0.2, 0.25) is 5.91 Å². The molecule has 5 nitrogen and oxygen atoms in total. The smallest absolute Gasteiger partial charge is 0.249 e. The number of carbonyl (C=O) groups is 1. The van der Waals surface area contributed by atoms with Crippen LogP contribution in [0.4, 0.5) is 5.69 Å². The fourth-order valence-electron chi connectivity index (χ4n) is 1.08. The van der Waals surface area contributed by atoms with Crippen molar-refractivity contribution in [2.45, 2.75) is 12.2 Å². The lowest BCUT2D eigenvalue weighted by Gasteiger charge is -2.15. The van der Waals surface area contributed by atoms with E-state index in [2.05, 4.69) is 0 Å². The molecule has 14 heavy (non-hydrogen) atoms. The van der Waals surface area contributed by atoms with Crippen molar-refractivity contribution in [2.24, 2.45) is 5.73 Å². The molecule has 0 spiro atoms. The molecule has 0 heterocycles. The van der Waals surface area contributed by atoms with Crippen LogP contribution < -0.4 is 11.5 Å². The van der Waals surface area contributed by atoms with Crippen molar-refractivity contribution in [3.63, 3.8) is 0 Å². The number of nitrogen functional groups attached to an aromatic ring is 1. The van der Waals surface area contributed by atoms with Crippen LogP contribution in [0.1, 0.15) is 11.7 Å². The highest BCUT2D eigenvalue weighted by Crippen LogP contribution is 2.18. The van der Waals surface area contributed by atoms with Crippen molar-refractivity contribution in [2.75, 3.05) is 5.73 Å². The first-order valence-electron chi connectivity index (χ1n) is 4.03. The van der Waals surface area contributed by atoms with Gasteiger partial charge in [0.1, 0.15) is 6.10 Å². The Kier molecular flexibility index (Phi) is 3.06. The number of hydrogen-bond donors (Lipinski definition) is 4. The molecule has 0 radical (unpaired) electrons. The first-order valence-corrected chi connectivity index (χ1v) is 4.03. The van der Waals surface area contributed by atoms with Crippen LogP contribution in [0.15, 0.2) is 24.3 Å². The van der Waals surface area contributed by atoms with E-state index in [1.165, 1.54) is 6.07 Å². The summed E-state index contributed by atoms with van der Waals surface area (Å²) >= 11 is 0. The molecule has 0 saturated carbocycles. The average molecular weight is 196 g/mol. The van der Waals surface area contributed by atoms with Gasteiger partial charge in [-0.1, -0.05) is 12.1 Å². The SMILES string of the molecule is NC(=O)C(O)C(O)c1cccc(N)c1. The summed E-state index contributed by atoms with van der Waals surface area (Å²) < 4.78 is 0. The average Bonchev–Trinajstić information content (AvgIpc) is 2.15. The Hall–Kier alpha value is -1.59. The van der Waals surface area contributed by atoms with Crippen molar-refractivity contribution in [3.8, 4) is 0 Å². The van der Waals surface area contributed by atoms with Gasteiger partial charge in [0, 0.05) is 5.69 Å². The van der Waals surface area contributed by atoms with Crippen LogP contribution in [-0.4, -0.2) is 22.2 Å². The molecule has 0 aromatic heterocycles. The zero-order valence-electron chi connectivity index (χ0n) is 7.42. The van der Waals surface area contributed by atoms with E-state index in [0.29, 0.717) is 11.3 Å². The van der Waals surface area contributed by atoms with Gasteiger partial charge in [-0.15, -0.1) is 0 Å². The van der Waals surface area contributed by atoms with Gasteiger partial charge in [-0.25, -0.2) is 0 Å². The van der Waals surface area contributed by atoms with Crippen molar-refractivity contribution in [3.05, 3.63) is 29.8 Å². The lowest BCUT2D eigenvalue weighted by Crippen LogP contribution is -2.33. The van der Waals surface area contributed by atoms with Crippen LogP contribution in [0.2, 0.25) is 0 Å². The molecule has 1 aromatic carbocycles. The van der Waals surface area contributed by atoms with E-state index in [0.717, 1.165) is 0 Å². The number of hydrogen-bond acceptors (Lipinski definition) is 4. The van der Waals surface area contributed by atoms with Crippen molar-refractivity contribution >= 4 is 11.6 Å². The number of rotatable bonds is 3. The van der Waals surface area contributed by atoms with E-state index in [-0.39, 0.29) is 0 Å². The molecule has 6 N–H and O–H groups in total. The van der Waals surface area contributed by atoms with E-state index in [9.17, 15) is 15.0 Å². The third kappa shape index (κ3) is 2.21. The monoisotopic (exact) mass is 196 g/mol. The fraction of sp³-hybridized carbons (Fsp3) is 0.222. The van der Waals surface area contributed by atoms with Crippen LogP contribution in [0, 0.1) is 0 Å². The number of aliphatic hydroxyl groups excluding tert-OH is 2. The Morgan fingerprint density at radius 2 is 2.00 bits per heavy atom. The third-order valence-corrected chi connectivity index (χ3v) is 1.84. The maximum Gasteiger partial charge on any atom is 0.249 e. The highest BCUT2D eigenvalue weighted by Gasteiger charge is 2.23. The van der Waals surface area contributed by atoms with Gasteiger partial charge < -0.3 is 21.7 Å². The molecule has 0 aliphatic carbocycles. The number of benzene rings is 1. The summed E-state index contributed by atoms with van der Waals surface area (Å²) in [7, 11) is 0. The molecule has 5 heteroatoms. The second-order valence-electron chi connectivity index (χ2n) is 2.96. The van der Waals surface area contributed by atoms with E-state index in [1.807, 2.05) is 0 Å². The molecule has 1 aromatic rings. The molecule has 0 aliphatic heterocycles. The number of primary amides is 1. The first kappa shape index (κ1) is 10.5. The molecule has 1 amide bonds. The predicted molar refractivity (Wildman–Crippen MR) is 51.0 cm³/mol. The third-order valence-electron chi connectivity index (χ3n) is 1.84. The summed E-state index contributed by atoms with van der Waals surface area (Å²) in [4.78, 5) is 10.6.